The van der Waals surface area contributed by atoms with Gasteiger partial charge < -0.3 is 14.6 Å². The number of nitrogens with zero attached hydrogens (tertiary/aromatic N) is 5. The van der Waals surface area contributed by atoms with Gasteiger partial charge in [-0.15, -0.1) is 5.10 Å². The van der Waals surface area contributed by atoms with Gasteiger partial charge in [-0.05, 0) is 24.5 Å². The number of piperidine rings is 1. The zero-order valence-electron chi connectivity index (χ0n) is 18.0. The van der Waals surface area contributed by atoms with Gasteiger partial charge >= 0.3 is 12.3 Å². The van der Waals surface area contributed by atoms with Gasteiger partial charge in [-0.3, -0.25) is 10.00 Å². The van der Waals surface area contributed by atoms with Gasteiger partial charge in [-0.1, -0.05) is 6.92 Å². The summed E-state index contributed by atoms with van der Waals surface area (Å²) in [5, 5.41) is 14.0. The van der Waals surface area contributed by atoms with Crippen molar-refractivity contribution in [1.29, 1.82) is 0 Å². The second kappa shape index (κ2) is 9.84. The van der Waals surface area contributed by atoms with Crippen LogP contribution in [0.2, 0.25) is 0 Å². The van der Waals surface area contributed by atoms with Crippen molar-refractivity contribution in [3.8, 4) is 17.0 Å². The number of alkyl halides is 4. The van der Waals surface area contributed by atoms with E-state index in [1.807, 2.05) is 11.8 Å². The minimum atomic E-state index is -4.35. The number of halogens is 4. The van der Waals surface area contributed by atoms with E-state index in [-0.39, 0.29) is 35.3 Å². The number of aromatic nitrogens is 5. The van der Waals surface area contributed by atoms with Crippen LogP contribution >= 0.6 is 0 Å². The van der Waals surface area contributed by atoms with Gasteiger partial charge in [0, 0.05) is 36.5 Å². The van der Waals surface area contributed by atoms with Crippen LogP contribution in [0.25, 0.3) is 16.8 Å². The standard InChI is InChI=1S/C19H23F4N7O3S/c1-11-8-29(10-34(31)32)5-4-14(11)26-18-27-15-3-2-13(12-6-24-25-7-12)16(30(15)28-18)33-9-19(22,23)17(20)21/h2-3,6-7,11,14,17H,4-5,8-10H2,1H3,(H,24,25)(H,26,28)(H,31,32)/t11-,14+/m1/s1. The molecule has 3 aromatic rings. The highest BCUT2D eigenvalue weighted by Gasteiger charge is 2.42. The van der Waals surface area contributed by atoms with Crippen LogP contribution in [0, 0.1) is 5.92 Å². The van der Waals surface area contributed by atoms with Gasteiger partial charge in [0.15, 0.2) is 23.3 Å². The van der Waals surface area contributed by atoms with E-state index in [0.717, 1.165) is 0 Å². The molecule has 3 atom stereocenters. The van der Waals surface area contributed by atoms with E-state index in [9.17, 15) is 21.8 Å². The van der Waals surface area contributed by atoms with E-state index < -0.39 is 30.0 Å². The molecule has 4 rings (SSSR count). The Labute approximate surface area is 194 Å². The Kier molecular flexibility index (Phi) is 7.04. The lowest BCUT2D eigenvalue weighted by Crippen LogP contribution is -2.46. The van der Waals surface area contributed by atoms with Gasteiger partial charge in [0.05, 0.1) is 6.20 Å². The number of ether oxygens (including phenoxy) is 1. The first-order chi connectivity index (χ1) is 16.1. The summed E-state index contributed by atoms with van der Waals surface area (Å²) in [7, 11) is 0. The number of nitrogens with one attached hydrogen (secondary N) is 2. The van der Waals surface area contributed by atoms with Crippen LogP contribution in [0.3, 0.4) is 0 Å². The second-order valence-electron chi connectivity index (χ2n) is 8.14. The van der Waals surface area contributed by atoms with Gasteiger partial charge in [0.1, 0.15) is 5.88 Å². The summed E-state index contributed by atoms with van der Waals surface area (Å²) in [5.41, 5.74) is 1.08. The largest absolute Gasteiger partial charge is 0.470 e. The van der Waals surface area contributed by atoms with Gasteiger partial charge in [0.25, 0.3) is 0 Å². The van der Waals surface area contributed by atoms with Crippen molar-refractivity contribution in [3.05, 3.63) is 24.5 Å². The minimum Gasteiger partial charge on any atom is -0.470 e. The molecule has 1 aliphatic rings. The predicted octanol–water partition coefficient (Wildman–Crippen LogP) is 2.70. The van der Waals surface area contributed by atoms with Gasteiger partial charge in [0.2, 0.25) is 11.8 Å². The van der Waals surface area contributed by atoms with Crippen LogP contribution in [-0.4, -0.2) is 82.4 Å². The molecule has 0 radical (unpaired) electrons. The highest BCUT2D eigenvalue weighted by Crippen LogP contribution is 2.33. The molecule has 0 spiro atoms. The third kappa shape index (κ3) is 5.31. The van der Waals surface area contributed by atoms with E-state index in [2.05, 4.69) is 25.6 Å². The summed E-state index contributed by atoms with van der Waals surface area (Å²) in [4.78, 5) is 6.26. The second-order valence-corrected chi connectivity index (χ2v) is 9.04. The maximum absolute atomic E-state index is 13.6. The Bertz CT molecular complexity index is 1140. The lowest BCUT2D eigenvalue weighted by Gasteiger charge is -2.36. The third-order valence-corrected chi connectivity index (χ3v) is 6.17. The first-order valence-corrected chi connectivity index (χ1v) is 11.7. The molecule has 186 valence electrons. The number of likely N-dealkylation sites (tertiary alicyclic amines) is 1. The van der Waals surface area contributed by atoms with Crippen LogP contribution < -0.4 is 10.1 Å². The number of rotatable bonds is 9. The zero-order chi connectivity index (χ0) is 24.5. The average molecular weight is 505 g/mol. The number of anilines is 1. The summed E-state index contributed by atoms with van der Waals surface area (Å²) in [5.74, 6) is -4.13. The Hall–Kier alpha value is -2.78. The van der Waals surface area contributed by atoms with E-state index >= 15 is 0 Å². The first kappa shape index (κ1) is 24.3. The molecular formula is C19H23F4N7O3S. The predicted molar refractivity (Wildman–Crippen MR) is 115 cm³/mol. The van der Waals surface area contributed by atoms with Crippen molar-refractivity contribution in [2.75, 3.05) is 30.9 Å². The fourth-order valence-electron chi connectivity index (χ4n) is 3.86. The van der Waals surface area contributed by atoms with Crippen LogP contribution in [0.4, 0.5) is 23.5 Å². The van der Waals surface area contributed by atoms with Crippen molar-refractivity contribution in [3.63, 3.8) is 0 Å². The summed E-state index contributed by atoms with van der Waals surface area (Å²) in [6.07, 6.45) is -0.278. The zero-order valence-corrected chi connectivity index (χ0v) is 18.8. The minimum absolute atomic E-state index is 0.0401. The molecule has 1 saturated heterocycles. The molecule has 0 aromatic carbocycles. The molecule has 1 aliphatic heterocycles. The van der Waals surface area contributed by atoms with Crippen molar-refractivity contribution in [2.24, 2.45) is 5.92 Å². The van der Waals surface area contributed by atoms with Crippen LogP contribution in [-0.2, 0) is 11.1 Å². The molecule has 0 bridgehead atoms. The summed E-state index contributed by atoms with van der Waals surface area (Å²) >= 11 is -1.91. The van der Waals surface area contributed by atoms with Crippen LogP contribution in [0.15, 0.2) is 24.5 Å². The molecule has 3 N–H and O–H groups in total. The van der Waals surface area contributed by atoms with Crippen LogP contribution in [0.1, 0.15) is 13.3 Å². The molecule has 15 heteroatoms. The van der Waals surface area contributed by atoms with Gasteiger partial charge in [-0.25, -0.2) is 13.0 Å². The normalized spacial score (nSPS) is 20.7. The maximum atomic E-state index is 13.6. The smallest absolute Gasteiger partial charge is 0.340 e. The van der Waals surface area contributed by atoms with Crippen molar-refractivity contribution < 1.29 is 31.1 Å². The Morgan fingerprint density at radius 1 is 1.41 bits per heavy atom. The summed E-state index contributed by atoms with van der Waals surface area (Å²) < 4.78 is 79.1. The van der Waals surface area contributed by atoms with E-state index in [4.69, 9.17) is 9.29 Å². The van der Waals surface area contributed by atoms with Crippen molar-refractivity contribution >= 4 is 22.7 Å². The quantitative estimate of drug-likeness (QED) is 0.300. The number of hydrogen-bond donors (Lipinski definition) is 3. The lowest BCUT2D eigenvalue weighted by atomic mass is 9.94. The molecule has 4 heterocycles. The first-order valence-electron chi connectivity index (χ1n) is 10.4. The molecule has 0 saturated carbocycles. The van der Waals surface area contributed by atoms with Crippen molar-refractivity contribution in [1.82, 2.24) is 29.7 Å². The van der Waals surface area contributed by atoms with Gasteiger partial charge in [-0.2, -0.15) is 23.4 Å². The van der Waals surface area contributed by atoms with E-state index in [0.29, 0.717) is 30.6 Å². The third-order valence-electron chi connectivity index (χ3n) is 5.58. The highest BCUT2D eigenvalue weighted by molar-refractivity contribution is 7.79. The molecule has 0 amide bonds. The lowest BCUT2D eigenvalue weighted by molar-refractivity contribution is -0.148. The molecule has 34 heavy (non-hydrogen) atoms. The van der Waals surface area contributed by atoms with Crippen LogP contribution in [0.5, 0.6) is 5.88 Å². The Balaban J connectivity index is 1.59. The highest BCUT2D eigenvalue weighted by atomic mass is 32.2. The number of H-pyrrole nitrogens is 1. The molecule has 3 aromatic heterocycles. The SMILES string of the molecule is C[C@@H]1CN(CS(=O)O)CC[C@@H]1Nc1nc2ccc(-c3cn[nH]c3)c(OCC(F)(F)C(F)F)n2n1. The van der Waals surface area contributed by atoms with Crippen molar-refractivity contribution in [2.45, 2.75) is 31.7 Å². The summed E-state index contributed by atoms with van der Waals surface area (Å²) in [6, 6.07) is 3.12. The number of pyridine rings is 1. The summed E-state index contributed by atoms with van der Waals surface area (Å²) in [6.45, 7) is 1.64. The fourth-order valence-corrected chi connectivity index (χ4v) is 4.40. The average Bonchev–Trinajstić information content (AvgIpc) is 3.43. The molecular weight excluding hydrogens is 482 g/mol. The number of fused-ring (bicyclic) bond motifs is 1. The number of hydrogen-bond acceptors (Lipinski definition) is 7. The monoisotopic (exact) mass is 505 g/mol. The topological polar surface area (TPSA) is 121 Å². The number of aromatic amines is 1. The van der Waals surface area contributed by atoms with E-state index in [1.165, 1.54) is 16.9 Å². The molecule has 10 nitrogen and oxygen atoms in total. The maximum Gasteiger partial charge on any atom is 0.340 e. The Morgan fingerprint density at radius 3 is 2.85 bits per heavy atom. The molecule has 1 unspecified atom stereocenters. The molecule has 1 fully saturated rings. The molecule has 0 aliphatic carbocycles. The fraction of sp³-hybridized carbons (Fsp3) is 0.526. The van der Waals surface area contributed by atoms with E-state index in [1.54, 1.807) is 12.1 Å². The Morgan fingerprint density at radius 2 is 2.21 bits per heavy atom.